The van der Waals surface area contributed by atoms with Gasteiger partial charge in [0.1, 0.15) is 18.2 Å². The van der Waals surface area contributed by atoms with E-state index in [1.54, 1.807) is 12.3 Å². The minimum Gasteiger partial charge on any atom is -0.487 e. The molecule has 1 N–H and O–H groups in total. The van der Waals surface area contributed by atoms with Crippen LogP contribution in [0.5, 0.6) is 5.75 Å². The van der Waals surface area contributed by atoms with Crippen molar-refractivity contribution < 1.29 is 13.9 Å². The molecular weight excluding hydrogens is 367 g/mol. The molecule has 138 valence electrons. The number of hydrogen-bond acceptors (Lipinski definition) is 3. The molecule has 3 rings (SSSR count). The highest BCUT2D eigenvalue weighted by Gasteiger charge is 2.11. The Morgan fingerprint density at radius 2 is 1.96 bits per heavy atom. The number of halogens is 2. The second kappa shape index (κ2) is 9.14. The molecule has 0 saturated heterocycles. The highest BCUT2D eigenvalue weighted by molar-refractivity contribution is 6.31. The Morgan fingerprint density at radius 1 is 1.11 bits per heavy atom. The van der Waals surface area contributed by atoms with Crippen LogP contribution in [-0.4, -0.2) is 10.9 Å². The maximum absolute atomic E-state index is 13.8. The van der Waals surface area contributed by atoms with E-state index < -0.39 is 5.82 Å². The van der Waals surface area contributed by atoms with Gasteiger partial charge in [-0.1, -0.05) is 35.9 Å². The highest BCUT2D eigenvalue weighted by atomic mass is 35.5. The second-order valence-corrected chi connectivity index (χ2v) is 6.32. The first-order valence-corrected chi connectivity index (χ1v) is 8.81. The molecule has 6 heteroatoms. The molecule has 1 heterocycles. The monoisotopic (exact) mass is 384 g/mol. The number of nitrogens with zero attached hydrogens (tertiary/aromatic N) is 1. The largest absolute Gasteiger partial charge is 0.487 e. The molecule has 2 aromatic carbocycles. The van der Waals surface area contributed by atoms with Crippen LogP contribution in [0.1, 0.15) is 16.8 Å². The van der Waals surface area contributed by atoms with Crippen molar-refractivity contribution >= 4 is 17.5 Å². The van der Waals surface area contributed by atoms with Crippen LogP contribution in [0.4, 0.5) is 4.39 Å². The second-order valence-electron chi connectivity index (χ2n) is 5.91. The molecule has 1 amide bonds. The fourth-order valence-corrected chi connectivity index (χ4v) is 2.74. The van der Waals surface area contributed by atoms with Crippen LogP contribution in [0.15, 0.2) is 66.9 Å². The minimum atomic E-state index is -0.484. The van der Waals surface area contributed by atoms with E-state index in [2.05, 4.69) is 10.3 Å². The number of carbonyl (C=O) groups excluding carboxylic acids is 1. The number of pyridine rings is 1. The van der Waals surface area contributed by atoms with E-state index in [9.17, 15) is 9.18 Å². The Kier molecular flexibility index (Phi) is 6.39. The van der Waals surface area contributed by atoms with Gasteiger partial charge < -0.3 is 10.1 Å². The Balaban J connectivity index is 1.54. The summed E-state index contributed by atoms with van der Waals surface area (Å²) in [7, 11) is 0. The quantitative estimate of drug-likeness (QED) is 0.660. The number of rotatable bonds is 7. The van der Waals surface area contributed by atoms with Crippen LogP contribution in [0.25, 0.3) is 0 Å². The lowest BCUT2D eigenvalue weighted by Gasteiger charge is -2.10. The number of amides is 1. The molecule has 27 heavy (non-hydrogen) atoms. The van der Waals surface area contributed by atoms with Gasteiger partial charge in [-0.15, -0.1) is 0 Å². The molecule has 3 aromatic rings. The van der Waals surface area contributed by atoms with Crippen LogP contribution in [0.3, 0.4) is 0 Å². The van der Waals surface area contributed by atoms with Gasteiger partial charge in [0, 0.05) is 23.3 Å². The average molecular weight is 385 g/mol. The Morgan fingerprint density at radius 3 is 2.74 bits per heavy atom. The van der Waals surface area contributed by atoms with E-state index in [1.165, 1.54) is 12.1 Å². The lowest BCUT2D eigenvalue weighted by atomic mass is 10.1. The fourth-order valence-electron chi connectivity index (χ4n) is 2.51. The molecule has 0 spiro atoms. The SMILES string of the molecule is O=C(Cc1c(F)cccc1Cl)NCc1cccc(OCc2ccccn2)c1. The molecule has 0 aliphatic carbocycles. The van der Waals surface area contributed by atoms with Crippen molar-refractivity contribution in [2.24, 2.45) is 0 Å². The predicted molar refractivity (Wildman–Crippen MR) is 102 cm³/mol. The molecular formula is C21H18ClFN2O2. The third-order valence-corrected chi connectivity index (χ3v) is 4.25. The van der Waals surface area contributed by atoms with Crippen molar-refractivity contribution in [2.75, 3.05) is 0 Å². The van der Waals surface area contributed by atoms with E-state index >= 15 is 0 Å². The highest BCUT2D eigenvalue weighted by Crippen LogP contribution is 2.19. The van der Waals surface area contributed by atoms with Crippen molar-refractivity contribution in [2.45, 2.75) is 19.6 Å². The van der Waals surface area contributed by atoms with Crippen molar-refractivity contribution in [1.82, 2.24) is 10.3 Å². The van der Waals surface area contributed by atoms with Crippen LogP contribution in [0.2, 0.25) is 5.02 Å². The number of ether oxygens (including phenoxy) is 1. The number of aromatic nitrogens is 1. The summed E-state index contributed by atoms with van der Waals surface area (Å²) in [5.74, 6) is -0.103. The van der Waals surface area contributed by atoms with E-state index in [4.69, 9.17) is 16.3 Å². The first-order chi connectivity index (χ1) is 13.1. The fraction of sp³-hybridized carbons (Fsp3) is 0.143. The molecule has 0 radical (unpaired) electrons. The number of hydrogen-bond donors (Lipinski definition) is 1. The molecule has 0 bridgehead atoms. The topological polar surface area (TPSA) is 51.2 Å². The summed E-state index contributed by atoms with van der Waals surface area (Å²) < 4.78 is 19.5. The Labute approximate surface area is 162 Å². The standard InChI is InChI=1S/C21H18ClFN2O2/c22-19-8-4-9-20(23)18(19)12-21(26)25-13-15-5-3-7-17(11-15)27-14-16-6-1-2-10-24-16/h1-11H,12-14H2,(H,25,26). The van der Waals surface area contributed by atoms with Gasteiger partial charge in [0.25, 0.3) is 0 Å². The third-order valence-electron chi connectivity index (χ3n) is 3.90. The first kappa shape index (κ1) is 18.9. The zero-order valence-electron chi connectivity index (χ0n) is 14.5. The summed E-state index contributed by atoms with van der Waals surface area (Å²) in [6.07, 6.45) is 1.61. The number of benzene rings is 2. The maximum Gasteiger partial charge on any atom is 0.224 e. The van der Waals surface area contributed by atoms with Gasteiger partial charge in [0.05, 0.1) is 12.1 Å². The molecule has 0 saturated carbocycles. The molecule has 0 atom stereocenters. The van der Waals surface area contributed by atoms with Gasteiger partial charge >= 0.3 is 0 Å². The van der Waals surface area contributed by atoms with Crippen LogP contribution < -0.4 is 10.1 Å². The van der Waals surface area contributed by atoms with Crippen molar-refractivity contribution in [3.05, 3.63) is 94.5 Å². The maximum atomic E-state index is 13.8. The summed E-state index contributed by atoms with van der Waals surface area (Å²) in [5.41, 5.74) is 1.91. The number of carbonyl (C=O) groups is 1. The van der Waals surface area contributed by atoms with Gasteiger partial charge in [-0.05, 0) is 42.0 Å². The summed E-state index contributed by atoms with van der Waals surface area (Å²) >= 11 is 5.96. The van der Waals surface area contributed by atoms with Gasteiger partial charge in [0.2, 0.25) is 5.91 Å². The summed E-state index contributed by atoms with van der Waals surface area (Å²) in [4.78, 5) is 16.3. The van der Waals surface area contributed by atoms with Gasteiger partial charge in [-0.25, -0.2) is 4.39 Å². The van der Waals surface area contributed by atoms with Crippen LogP contribution >= 0.6 is 11.6 Å². The van der Waals surface area contributed by atoms with Gasteiger partial charge in [-0.3, -0.25) is 9.78 Å². The van der Waals surface area contributed by atoms with E-state index in [1.807, 2.05) is 42.5 Å². The molecule has 0 fully saturated rings. The zero-order chi connectivity index (χ0) is 19.1. The van der Waals surface area contributed by atoms with Crippen LogP contribution in [-0.2, 0) is 24.4 Å². The van der Waals surface area contributed by atoms with E-state index in [0.717, 1.165) is 11.3 Å². The van der Waals surface area contributed by atoms with Gasteiger partial charge in [0.15, 0.2) is 0 Å². The lowest BCUT2D eigenvalue weighted by Crippen LogP contribution is -2.25. The van der Waals surface area contributed by atoms with Crippen LogP contribution in [0, 0.1) is 5.82 Å². The summed E-state index contributed by atoms with van der Waals surface area (Å²) in [5, 5.41) is 3.02. The number of nitrogens with one attached hydrogen (secondary N) is 1. The van der Waals surface area contributed by atoms with Gasteiger partial charge in [-0.2, -0.15) is 0 Å². The molecule has 1 aromatic heterocycles. The van der Waals surface area contributed by atoms with E-state index in [0.29, 0.717) is 18.9 Å². The smallest absolute Gasteiger partial charge is 0.224 e. The summed E-state index contributed by atoms with van der Waals surface area (Å²) in [6.45, 7) is 0.675. The van der Waals surface area contributed by atoms with Crippen molar-refractivity contribution in [1.29, 1.82) is 0 Å². The predicted octanol–water partition coefficient (Wildman–Crippen LogP) is 4.31. The molecule has 0 aliphatic rings. The Hall–Kier alpha value is -2.92. The zero-order valence-corrected chi connectivity index (χ0v) is 15.2. The Bertz CT molecular complexity index is 899. The molecule has 0 aliphatic heterocycles. The molecule has 0 unspecified atom stereocenters. The normalized spacial score (nSPS) is 10.4. The molecule has 4 nitrogen and oxygen atoms in total. The average Bonchev–Trinajstić information content (AvgIpc) is 2.69. The van der Waals surface area contributed by atoms with Crippen molar-refractivity contribution in [3.8, 4) is 5.75 Å². The minimum absolute atomic E-state index is 0.110. The summed E-state index contributed by atoms with van der Waals surface area (Å²) in [6, 6.07) is 17.4. The lowest BCUT2D eigenvalue weighted by molar-refractivity contribution is -0.120. The van der Waals surface area contributed by atoms with E-state index in [-0.39, 0.29) is 22.9 Å². The third kappa shape index (κ3) is 5.53. The van der Waals surface area contributed by atoms with Crippen molar-refractivity contribution in [3.63, 3.8) is 0 Å². The first-order valence-electron chi connectivity index (χ1n) is 8.43.